The topological polar surface area (TPSA) is 94.6 Å². The summed E-state index contributed by atoms with van der Waals surface area (Å²) in [5.74, 6) is -0.859. The number of hydrogen-bond acceptors (Lipinski definition) is 5. The van der Waals surface area contributed by atoms with Crippen molar-refractivity contribution >= 4 is 11.8 Å². The number of aromatic hydroxyl groups is 1. The standard InChI is InChI=1S/C19H25F3N4O3/c20-19(21,22)11-25-16(28)10-24-14-1-3-18(4-2-14)5-6-26(12-18)17(29)13-7-15(27)9-23-8-13/h7-9,14,24,27H,1-6,10-12H2,(H,25,28). The summed E-state index contributed by atoms with van der Waals surface area (Å²) in [4.78, 5) is 29.8. The van der Waals surface area contributed by atoms with Crippen LogP contribution in [0, 0.1) is 5.41 Å². The number of nitrogens with zero attached hydrogens (tertiary/aromatic N) is 2. The summed E-state index contributed by atoms with van der Waals surface area (Å²) < 4.78 is 36.4. The number of carbonyl (C=O) groups is 2. The third-order valence-electron chi connectivity index (χ3n) is 5.78. The highest BCUT2D eigenvalue weighted by molar-refractivity contribution is 5.94. The van der Waals surface area contributed by atoms with Gasteiger partial charge >= 0.3 is 6.18 Å². The van der Waals surface area contributed by atoms with Crippen molar-refractivity contribution in [1.29, 1.82) is 0 Å². The van der Waals surface area contributed by atoms with Gasteiger partial charge in [-0.1, -0.05) is 0 Å². The second-order valence-electron chi connectivity index (χ2n) is 7.96. The second-order valence-corrected chi connectivity index (χ2v) is 7.96. The van der Waals surface area contributed by atoms with Crippen LogP contribution in [0.25, 0.3) is 0 Å². The first-order chi connectivity index (χ1) is 13.7. The lowest BCUT2D eigenvalue weighted by Crippen LogP contribution is -2.45. The van der Waals surface area contributed by atoms with Crippen LogP contribution in [0.1, 0.15) is 42.5 Å². The van der Waals surface area contributed by atoms with Crippen molar-refractivity contribution in [3.05, 3.63) is 24.0 Å². The number of amides is 2. The van der Waals surface area contributed by atoms with Crippen LogP contribution in [0.5, 0.6) is 5.75 Å². The van der Waals surface area contributed by atoms with E-state index in [4.69, 9.17) is 0 Å². The molecular formula is C19H25F3N4O3. The summed E-state index contributed by atoms with van der Waals surface area (Å²) in [7, 11) is 0. The van der Waals surface area contributed by atoms with Gasteiger partial charge in [-0.3, -0.25) is 14.6 Å². The summed E-state index contributed by atoms with van der Waals surface area (Å²) in [5, 5.41) is 14.4. The first kappa shape index (κ1) is 21.4. The van der Waals surface area contributed by atoms with Gasteiger partial charge in [0, 0.05) is 25.3 Å². The molecule has 1 saturated heterocycles. The molecule has 2 fully saturated rings. The summed E-state index contributed by atoms with van der Waals surface area (Å²) in [5.41, 5.74) is 0.402. The number of pyridine rings is 1. The minimum atomic E-state index is -4.41. The summed E-state index contributed by atoms with van der Waals surface area (Å²) in [6.07, 6.45) is 2.59. The lowest BCUT2D eigenvalue weighted by molar-refractivity contribution is -0.138. The minimum Gasteiger partial charge on any atom is -0.506 e. The number of hydrogen-bond donors (Lipinski definition) is 3. The third-order valence-corrected chi connectivity index (χ3v) is 5.78. The normalized spacial score (nSPS) is 24.7. The molecule has 2 aliphatic rings. The fourth-order valence-corrected chi connectivity index (χ4v) is 4.18. The molecule has 1 aliphatic carbocycles. The fraction of sp³-hybridized carbons (Fsp3) is 0.632. The van der Waals surface area contributed by atoms with Crippen LogP contribution in [0.2, 0.25) is 0 Å². The maximum atomic E-state index is 12.6. The van der Waals surface area contributed by atoms with Crippen molar-refractivity contribution in [2.45, 2.75) is 44.3 Å². The molecule has 0 unspecified atom stereocenters. The van der Waals surface area contributed by atoms with Crippen LogP contribution in [0.15, 0.2) is 18.5 Å². The Morgan fingerprint density at radius 1 is 1.24 bits per heavy atom. The van der Waals surface area contributed by atoms with Crippen molar-refractivity contribution in [3.63, 3.8) is 0 Å². The maximum Gasteiger partial charge on any atom is 0.405 e. The van der Waals surface area contributed by atoms with Gasteiger partial charge in [0.1, 0.15) is 12.3 Å². The Morgan fingerprint density at radius 2 is 1.97 bits per heavy atom. The van der Waals surface area contributed by atoms with E-state index in [0.717, 1.165) is 32.1 Å². The summed E-state index contributed by atoms with van der Waals surface area (Å²) >= 11 is 0. The molecule has 160 valence electrons. The number of rotatable bonds is 5. The van der Waals surface area contributed by atoms with E-state index in [1.807, 2.05) is 5.32 Å². The second kappa shape index (κ2) is 8.56. The van der Waals surface area contributed by atoms with Gasteiger partial charge in [0.25, 0.3) is 5.91 Å². The molecule has 0 aromatic carbocycles. The average molecular weight is 414 g/mol. The number of likely N-dealkylation sites (tertiary alicyclic amines) is 1. The van der Waals surface area contributed by atoms with Crippen molar-refractivity contribution in [2.24, 2.45) is 5.41 Å². The molecule has 3 N–H and O–H groups in total. The molecule has 29 heavy (non-hydrogen) atoms. The third kappa shape index (κ3) is 5.81. The number of alkyl halides is 3. The van der Waals surface area contributed by atoms with Crippen LogP contribution in [0.3, 0.4) is 0 Å². The van der Waals surface area contributed by atoms with E-state index in [2.05, 4.69) is 10.3 Å². The lowest BCUT2D eigenvalue weighted by Gasteiger charge is -2.37. The molecule has 1 aromatic heterocycles. The van der Waals surface area contributed by atoms with E-state index in [0.29, 0.717) is 18.7 Å². The molecule has 1 spiro atoms. The van der Waals surface area contributed by atoms with Crippen LogP contribution < -0.4 is 10.6 Å². The van der Waals surface area contributed by atoms with E-state index in [1.165, 1.54) is 18.5 Å². The number of aromatic nitrogens is 1. The zero-order chi connectivity index (χ0) is 21.1. The Hall–Kier alpha value is -2.36. The highest BCUT2D eigenvalue weighted by Crippen LogP contribution is 2.44. The van der Waals surface area contributed by atoms with Crippen LogP contribution in [-0.2, 0) is 4.79 Å². The van der Waals surface area contributed by atoms with Crippen molar-refractivity contribution in [2.75, 3.05) is 26.2 Å². The van der Waals surface area contributed by atoms with Crippen LogP contribution in [0.4, 0.5) is 13.2 Å². The molecule has 10 heteroatoms. The van der Waals surface area contributed by atoms with Gasteiger partial charge in [-0.05, 0) is 43.6 Å². The number of carbonyl (C=O) groups excluding carboxylic acids is 2. The minimum absolute atomic E-state index is 0.0383. The smallest absolute Gasteiger partial charge is 0.405 e. The first-order valence-corrected chi connectivity index (χ1v) is 9.66. The van der Waals surface area contributed by atoms with Crippen LogP contribution in [-0.4, -0.2) is 65.2 Å². The van der Waals surface area contributed by atoms with E-state index >= 15 is 0 Å². The molecule has 0 bridgehead atoms. The number of halogens is 3. The van der Waals surface area contributed by atoms with Crippen molar-refractivity contribution < 1.29 is 27.9 Å². The van der Waals surface area contributed by atoms with Gasteiger partial charge in [-0.2, -0.15) is 13.2 Å². The Morgan fingerprint density at radius 3 is 2.62 bits per heavy atom. The van der Waals surface area contributed by atoms with E-state index < -0.39 is 18.6 Å². The molecule has 1 saturated carbocycles. The molecule has 3 rings (SSSR count). The summed E-state index contributed by atoms with van der Waals surface area (Å²) in [6.45, 7) is -0.171. The highest BCUT2D eigenvalue weighted by Gasteiger charge is 2.42. The Kier molecular flexibility index (Phi) is 6.30. The Bertz CT molecular complexity index is 748. The highest BCUT2D eigenvalue weighted by atomic mass is 19.4. The van der Waals surface area contributed by atoms with E-state index in [9.17, 15) is 27.9 Å². The monoisotopic (exact) mass is 414 g/mol. The zero-order valence-electron chi connectivity index (χ0n) is 16.0. The molecule has 2 heterocycles. The molecule has 0 radical (unpaired) electrons. The number of nitrogens with one attached hydrogen (secondary N) is 2. The quantitative estimate of drug-likeness (QED) is 0.684. The maximum absolute atomic E-state index is 12.6. The molecule has 1 aromatic rings. The van der Waals surface area contributed by atoms with Gasteiger partial charge in [0.05, 0.1) is 18.3 Å². The predicted octanol–water partition coefficient (Wildman–Crippen LogP) is 1.83. The van der Waals surface area contributed by atoms with Gasteiger partial charge in [-0.25, -0.2) is 0 Å². The van der Waals surface area contributed by atoms with Gasteiger partial charge < -0.3 is 20.6 Å². The largest absolute Gasteiger partial charge is 0.506 e. The van der Waals surface area contributed by atoms with Gasteiger partial charge in [-0.15, -0.1) is 0 Å². The van der Waals surface area contributed by atoms with Crippen molar-refractivity contribution in [3.8, 4) is 5.75 Å². The van der Waals surface area contributed by atoms with Crippen molar-refractivity contribution in [1.82, 2.24) is 20.5 Å². The SMILES string of the molecule is O=C(CNC1CCC2(CC1)CCN(C(=O)c1cncc(O)c1)C2)NCC(F)(F)F. The van der Waals surface area contributed by atoms with Crippen LogP contribution >= 0.6 is 0 Å². The summed E-state index contributed by atoms with van der Waals surface area (Å²) in [6, 6.07) is 1.49. The fourth-order valence-electron chi connectivity index (χ4n) is 4.18. The predicted molar refractivity (Wildman–Crippen MR) is 98.2 cm³/mol. The van der Waals surface area contributed by atoms with Gasteiger partial charge in [0.15, 0.2) is 0 Å². The zero-order valence-corrected chi connectivity index (χ0v) is 16.0. The Labute approximate surface area is 166 Å². The van der Waals surface area contributed by atoms with Gasteiger partial charge in [0.2, 0.25) is 5.91 Å². The molecule has 1 aliphatic heterocycles. The molecular weight excluding hydrogens is 389 g/mol. The lowest BCUT2D eigenvalue weighted by atomic mass is 9.72. The first-order valence-electron chi connectivity index (χ1n) is 9.66. The molecule has 2 amide bonds. The molecule has 7 nitrogen and oxygen atoms in total. The van der Waals surface area contributed by atoms with E-state index in [1.54, 1.807) is 4.90 Å². The molecule has 0 atom stereocenters. The average Bonchev–Trinajstić information content (AvgIpc) is 3.08. The van der Waals surface area contributed by atoms with E-state index in [-0.39, 0.29) is 29.7 Å². The Balaban J connectivity index is 1.43.